The standard InChI is InChI=1S/C16H31N3O.2ClH/c1-13-5-4-8-19(11-13)16(2,3)12-18-15(20)10-17-9-14-6-7-14;;/h13-14,17H,4-12H2,1-3H3,(H,18,20);2*1H. The highest BCUT2D eigenvalue weighted by molar-refractivity contribution is 5.85. The molecule has 4 nitrogen and oxygen atoms in total. The van der Waals surface area contributed by atoms with Gasteiger partial charge in [-0.25, -0.2) is 0 Å². The van der Waals surface area contributed by atoms with Crippen LogP contribution in [0.25, 0.3) is 0 Å². The summed E-state index contributed by atoms with van der Waals surface area (Å²) < 4.78 is 0. The van der Waals surface area contributed by atoms with Crippen LogP contribution < -0.4 is 10.6 Å². The minimum absolute atomic E-state index is 0. The molecule has 1 saturated carbocycles. The van der Waals surface area contributed by atoms with Gasteiger partial charge in [-0.3, -0.25) is 9.69 Å². The summed E-state index contributed by atoms with van der Waals surface area (Å²) in [5.41, 5.74) is 0.0564. The lowest BCUT2D eigenvalue weighted by Gasteiger charge is -2.43. The number of hydrogen-bond acceptors (Lipinski definition) is 3. The second-order valence-corrected chi connectivity index (χ2v) is 7.36. The van der Waals surface area contributed by atoms with Crippen molar-refractivity contribution in [1.82, 2.24) is 15.5 Å². The lowest BCUT2D eigenvalue weighted by atomic mass is 9.93. The molecule has 1 saturated heterocycles. The highest BCUT2D eigenvalue weighted by atomic mass is 35.5. The van der Waals surface area contributed by atoms with Gasteiger partial charge in [-0.05, 0) is 64.5 Å². The molecule has 1 heterocycles. The van der Waals surface area contributed by atoms with Gasteiger partial charge in [0.1, 0.15) is 0 Å². The highest BCUT2D eigenvalue weighted by Crippen LogP contribution is 2.27. The summed E-state index contributed by atoms with van der Waals surface area (Å²) in [6.07, 6.45) is 5.27. The van der Waals surface area contributed by atoms with Crippen LogP contribution >= 0.6 is 24.8 Å². The van der Waals surface area contributed by atoms with Crippen LogP contribution in [0, 0.1) is 11.8 Å². The monoisotopic (exact) mass is 353 g/mol. The molecule has 0 aromatic heterocycles. The number of halogens is 2. The van der Waals surface area contributed by atoms with Gasteiger partial charge >= 0.3 is 0 Å². The molecule has 22 heavy (non-hydrogen) atoms. The zero-order valence-corrected chi connectivity index (χ0v) is 15.8. The van der Waals surface area contributed by atoms with Gasteiger partial charge in [0.2, 0.25) is 5.91 Å². The van der Waals surface area contributed by atoms with Gasteiger partial charge in [0.05, 0.1) is 6.54 Å². The zero-order valence-electron chi connectivity index (χ0n) is 14.2. The average Bonchev–Trinajstić information content (AvgIpc) is 3.21. The molecule has 0 aromatic carbocycles. The van der Waals surface area contributed by atoms with Crippen LogP contribution in [0.2, 0.25) is 0 Å². The van der Waals surface area contributed by atoms with Crippen LogP contribution in [0.1, 0.15) is 46.5 Å². The Labute approximate surface area is 148 Å². The second kappa shape index (κ2) is 9.96. The molecule has 0 bridgehead atoms. The van der Waals surface area contributed by atoms with Crippen molar-refractivity contribution in [2.75, 3.05) is 32.7 Å². The maximum absolute atomic E-state index is 11.8. The normalized spacial score (nSPS) is 22.4. The number of carbonyl (C=O) groups is 1. The Kier molecular flexibility index (Phi) is 9.95. The number of piperidine rings is 1. The van der Waals surface area contributed by atoms with Crippen LogP contribution in [-0.4, -0.2) is 49.1 Å². The number of nitrogens with zero attached hydrogens (tertiary/aromatic N) is 1. The first kappa shape index (κ1) is 22.0. The van der Waals surface area contributed by atoms with Crippen LogP contribution in [0.15, 0.2) is 0 Å². The number of carbonyl (C=O) groups excluding carboxylic acids is 1. The zero-order chi connectivity index (χ0) is 14.6. The maximum Gasteiger partial charge on any atom is 0.234 e. The molecule has 1 aliphatic heterocycles. The van der Waals surface area contributed by atoms with Crippen molar-refractivity contribution in [2.45, 2.75) is 52.0 Å². The molecule has 0 aromatic rings. The predicted octanol–water partition coefficient (Wildman–Crippen LogP) is 2.46. The highest BCUT2D eigenvalue weighted by Gasteiger charge is 2.30. The van der Waals surface area contributed by atoms with Crippen LogP contribution in [-0.2, 0) is 4.79 Å². The van der Waals surface area contributed by atoms with Crippen LogP contribution in [0.5, 0.6) is 0 Å². The first-order valence-electron chi connectivity index (χ1n) is 8.20. The molecule has 0 radical (unpaired) electrons. The van der Waals surface area contributed by atoms with E-state index in [0.29, 0.717) is 6.54 Å². The predicted molar refractivity (Wildman–Crippen MR) is 97.1 cm³/mol. The number of likely N-dealkylation sites (tertiary alicyclic amines) is 1. The quantitative estimate of drug-likeness (QED) is 0.738. The lowest BCUT2D eigenvalue weighted by molar-refractivity contribution is -0.120. The molecule has 2 fully saturated rings. The maximum atomic E-state index is 11.8. The van der Waals surface area contributed by atoms with Crippen molar-refractivity contribution < 1.29 is 4.79 Å². The van der Waals surface area contributed by atoms with Crippen molar-refractivity contribution >= 4 is 30.7 Å². The third kappa shape index (κ3) is 7.49. The Morgan fingerprint density at radius 2 is 1.91 bits per heavy atom. The van der Waals surface area contributed by atoms with E-state index in [-0.39, 0.29) is 36.3 Å². The van der Waals surface area contributed by atoms with Crippen molar-refractivity contribution in [3.05, 3.63) is 0 Å². The first-order valence-corrected chi connectivity index (χ1v) is 8.20. The molecule has 2 aliphatic rings. The Morgan fingerprint density at radius 3 is 2.50 bits per heavy atom. The van der Waals surface area contributed by atoms with Crippen molar-refractivity contribution in [3.63, 3.8) is 0 Å². The van der Waals surface area contributed by atoms with E-state index in [1.807, 2.05) is 0 Å². The van der Waals surface area contributed by atoms with Crippen molar-refractivity contribution in [1.29, 1.82) is 0 Å². The Bertz CT molecular complexity index is 335. The fourth-order valence-corrected chi connectivity index (χ4v) is 2.94. The van der Waals surface area contributed by atoms with E-state index in [0.717, 1.165) is 38.0 Å². The molecule has 6 heteroatoms. The third-order valence-corrected chi connectivity index (χ3v) is 4.65. The van der Waals surface area contributed by atoms with E-state index in [1.165, 1.54) is 25.7 Å². The molecule has 0 spiro atoms. The largest absolute Gasteiger partial charge is 0.353 e. The van der Waals surface area contributed by atoms with Crippen molar-refractivity contribution in [3.8, 4) is 0 Å². The van der Waals surface area contributed by atoms with Crippen LogP contribution in [0.3, 0.4) is 0 Å². The Hall–Kier alpha value is -0.0300. The minimum atomic E-state index is 0. The van der Waals surface area contributed by atoms with Gasteiger partial charge in [-0.2, -0.15) is 0 Å². The van der Waals surface area contributed by atoms with E-state index >= 15 is 0 Å². The molecular weight excluding hydrogens is 321 g/mol. The van der Waals surface area contributed by atoms with Gasteiger partial charge in [0, 0.05) is 18.6 Å². The topological polar surface area (TPSA) is 44.4 Å². The molecule has 132 valence electrons. The van der Waals surface area contributed by atoms with Crippen molar-refractivity contribution in [2.24, 2.45) is 11.8 Å². The smallest absolute Gasteiger partial charge is 0.234 e. The second-order valence-electron chi connectivity index (χ2n) is 7.36. The summed E-state index contributed by atoms with van der Waals surface area (Å²) in [5.74, 6) is 1.73. The van der Waals surface area contributed by atoms with Gasteiger partial charge in [0.15, 0.2) is 0 Å². The number of amides is 1. The molecule has 1 unspecified atom stereocenters. The lowest BCUT2D eigenvalue weighted by Crippen LogP contribution is -2.55. The molecule has 2 N–H and O–H groups in total. The third-order valence-electron chi connectivity index (χ3n) is 4.65. The SMILES string of the molecule is CC1CCCN(C(C)(C)CNC(=O)CNCC2CC2)C1.Cl.Cl. The first-order chi connectivity index (χ1) is 9.47. The summed E-state index contributed by atoms with van der Waals surface area (Å²) in [6.45, 7) is 11.3. The number of hydrogen-bond donors (Lipinski definition) is 2. The summed E-state index contributed by atoms with van der Waals surface area (Å²) in [5, 5.41) is 6.33. The van der Waals surface area contributed by atoms with Gasteiger partial charge in [-0.15, -0.1) is 24.8 Å². The Balaban J connectivity index is 0.00000220. The Morgan fingerprint density at radius 1 is 1.23 bits per heavy atom. The van der Waals surface area contributed by atoms with E-state index in [1.54, 1.807) is 0 Å². The molecule has 2 rings (SSSR count). The minimum Gasteiger partial charge on any atom is -0.353 e. The number of nitrogens with one attached hydrogen (secondary N) is 2. The summed E-state index contributed by atoms with van der Waals surface area (Å²) >= 11 is 0. The van der Waals surface area contributed by atoms with Crippen LogP contribution in [0.4, 0.5) is 0 Å². The molecule has 1 amide bonds. The van der Waals surface area contributed by atoms with Gasteiger partial charge in [-0.1, -0.05) is 6.92 Å². The van der Waals surface area contributed by atoms with E-state index in [9.17, 15) is 4.79 Å². The summed E-state index contributed by atoms with van der Waals surface area (Å²) in [4.78, 5) is 14.4. The van der Waals surface area contributed by atoms with Gasteiger partial charge < -0.3 is 10.6 Å². The van der Waals surface area contributed by atoms with E-state index in [2.05, 4.69) is 36.3 Å². The average molecular weight is 354 g/mol. The summed E-state index contributed by atoms with van der Waals surface area (Å²) in [7, 11) is 0. The molecule has 1 aliphatic carbocycles. The fraction of sp³-hybridized carbons (Fsp3) is 0.938. The molecule has 1 atom stereocenters. The fourth-order valence-electron chi connectivity index (χ4n) is 2.94. The summed E-state index contributed by atoms with van der Waals surface area (Å²) in [6, 6.07) is 0. The van der Waals surface area contributed by atoms with E-state index < -0.39 is 0 Å². The van der Waals surface area contributed by atoms with E-state index in [4.69, 9.17) is 0 Å². The number of rotatable bonds is 7. The van der Waals surface area contributed by atoms with Gasteiger partial charge in [0.25, 0.3) is 0 Å². The molecular formula is C16H33Cl2N3O.